The predicted molar refractivity (Wildman–Crippen MR) is 105 cm³/mol. The zero-order valence-corrected chi connectivity index (χ0v) is 15.2. The first kappa shape index (κ1) is 17.0. The van der Waals surface area contributed by atoms with Crippen molar-refractivity contribution in [3.05, 3.63) is 78.1 Å². The van der Waals surface area contributed by atoms with Crippen LogP contribution in [0.5, 0.6) is 5.75 Å². The Morgan fingerprint density at radius 1 is 1.04 bits per heavy atom. The van der Waals surface area contributed by atoms with Gasteiger partial charge in [0.15, 0.2) is 0 Å². The highest BCUT2D eigenvalue weighted by molar-refractivity contribution is 5.90. The highest BCUT2D eigenvalue weighted by Gasteiger charge is 2.14. The Balaban J connectivity index is 1.82. The van der Waals surface area contributed by atoms with Crippen LogP contribution in [-0.4, -0.2) is 29.7 Å². The number of nitrogens with one attached hydrogen (secondary N) is 1. The number of carbonyl (C=O) groups excluding carboxylic acids is 1. The second-order valence-electron chi connectivity index (χ2n) is 6.31. The lowest BCUT2D eigenvalue weighted by molar-refractivity contribution is 0.0601. The molecule has 0 spiro atoms. The summed E-state index contributed by atoms with van der Waals surface area (Å²) in [6, 6.07) is 20.3. The molecule has 1 N–H and O–H groups in total. The average Bonchev–Trinajstić information content (AvgIpc) is 3.33. The highest BCUT2D eigenvalue weighted by atomic mass is 16.5. The topological polar surface area (TPSA) is 56.2 Å². The molecule has 2 aromatic carbocycles. The van der Waals surface area contributed by atoms with Crippen molar-refractivity contribution < 1.29 is 14.3 Å². The molecule has 4 rings (SSSR count). The van der Waals surface area contributed by atoms with Crippen LogP contribution >= 0.6 is 0 Å². The van der Waals surface area contributed by atoms with Crippen LogP contribution in [0.1, 0.15) is 16.1 Å². The zero-order chi connectivity index (χ0) is 18.8. The van der Waals surface area contributed by atoms with E-state index in [4.69, 9.17) is 9.47 Å². The molecule has 0 radical (unpaired) electrons. The summed E-state index contributed by atoms with van der Waals surface area (Å²) in [6.45, 7) is 0.608. The minimum absolute atomic E-state index is 0.345. The van der Waals surface area contributed by atoms with Crippen molar-refractivity contribution in [1.29, 1.82) is 0 Å². The molecule has 27 heavy (non-hydrogen) atoms. The van der Waals surface area contributed by atoms with E-state index in [2.05, 4.69) is 33.8 Å². The number of carbonyl (C=O) groups is 1. The summed E-state index contributed by atoms with van der Waals surface area (Å²) in [5.74, 6) is 0.481. The van der Waals surface area contributed by atoms with Crippen molar-refractivity contribution in [1.82, 2.24) is 9.55 Å². The number of hydrogen-bond donors (Lipinski definition) is 1. The molecule has 0 aliphatic carbocycles. The molecular formula is C22H20N2O3. The van der Waals surface area contributed by atoms with Gasteiger partial charge in [-0.25, -0.2) is 4.79 Å². The summed E-state index contributed by atoms with van der Waals surface area (Å²) in [5.41, 5.74) is 4.79. The molecule has 5 heteroatoms. The third-order valence-electron chi connectivity index (χ3n) is 4.67. The Labute approximate surface area is 157 Å². The Morgan fingerprint density at radius 2 is 1.85 bits per heavy atom. The highest BCUT2D eigenvalue weighted by Crippen LogP contribution is 2.31. The van der Waals surface area contributed by atoms with Crippen molar-refractivity contribution >= 4 is 16.9 Å². The average molecular weight is 360 g/mol. The lowest BCUT2D eigenvalue weighted by atomic mass is 10.1. The fourth-order valence-electron chi connectivity index (χ4n) is 3.33. The molecule has 0 saturated carbocycles. The Morgan fingerprint density at radius 3 is 2.59 bits per heavy atom. The van der Waals surface area contributed by atoms with Gasteiger partial charge in [0.05, 0.1) is 26.3 Å². The van der Waals surface area contributed by atoms with Crippen molar-refractivity contribution in [2.75, 3.05) is 14.2 Å². The number of aromatic nitrogens is 2. The van der Waals surface area contributed by atoms with Gasteiger partial charge in [-0.2, -0.15) is 0 Å². The summed E-state index contributed by atoms with van der Waals surface area (Å²) < 4.78 is 12.4. The van der Waals surface area contributed by atoms with Gasteiger partial charge in [-0.3, -0.25) is 0 Å². The van der Waals surface area contributed by atoms with Gasteiger partial charge < -0.3 is 19.0 Å². The maximum atomic E-state index is 11.7. The number of nitrogens with zero attached hydrogens (tertiary/aromatic N) is 1. The molecule has 5 nitrogen and oxygen atoms in total. The van der Waals surface area contributed by atoms with E-state index in [9.17, 15) is 4.79 Å². The van der Waals surface area contributed by atoms with Gasteiger partial charge in [-0.15, -0.1) is 0 Å². The van der Waals surface area contributed by atoms with Crippen molar-refractivity contribution in [3.63, 3.8) is 0 Å². The van der Waals surface area contributed by atoms with Gasteiger partial charge in [-0.05, 0) is 35.9 Å². The maximum absolute atomic E-state index is 11.7. The Kier molecular flexibility index (Phi) is 4.42. The molecule has 2 heterocycles. The van der Waals surface area contributed by atoms with E-state index >= 15 is 0 Å². The molecule has 0 aliphatic heterocycles. The summed E-state index contributed by atoms with van der Waals surface area (Å²) in [5, 5.41) is 1.10. The Bertz CT molecular complexity index is 1090. The van der Waals surface area contributed by atoms with E-state index in [1.54, 1.807) is 13.3 Å². The number of methoxy groups -OCH3 is 2. The fourth-order valence-corrected chi connectivity index (χ4v) is 3.33. The quantitative estimate of drug-likeness (QED) is 0.534. The number of esters is 1. The van der Waals surface area contributed by atoms with E-state index in [1.807, 2.05) is 36.4 Å². The van der Waals surface area contributed by atoms with Gasteiger partial charge in [0.1, 0.15) is 5.75 Å². The molecule has 0 atom stereocenters. The summed E-state index contributed by atoms with van der Waals surface area (Å²) in [7, 11) is 3.05. The monoisotopic (exact) mass is 360 g/mol. The van der Waals surface area contributed by atoms with Crippen LogP contribution < -0.4 is 4.74 Å². The number of benzene rings is 2. The standard InChI is InChI=1S/C22H20N2O3/c1-26-19-8-9-20-16(11-19)12-21(15-6-4-3-5-7-15)24(20)14-18-10-17(13-23-18)22(25)27-2/h3-13,23H,14H2,1-2H3. The third kappa shape index (κ3) is 3.19. The normalized spacial score (nSPS) is 10.9. The fraction of sp³-hybridized carbons (Fsp3) is 0.136. The molecule has 4 aromatic rings. The molecule has 136 valence electrons. The van der Waals surface area contributed by atoms with E-state index in [1.165, 1.54) is 7.11 Å². The van der Waals surface area contributed by atoms with Crippen LogP contribution in [-0.2, 0) is 11.3 Å². The van der Waals surface area contributed by atoms with Crippen molar-refractivity contribution in [2.45, 2.75) is 6.54 Å². The molecule has 0 aliphatic rings. The largest absolute Gasteiger partial charge is 0.497 e. The molecule has 0 bridgehead atoms. The first-order valence-corrected chi connectivity index (χ1v) is 8.68. The molecule has 0 fully saturated rings. The van der Waals surface area contributed by atoms with Crippen molar-refractivity contribution in [2.24, 2.45) is 0 Å². The number of ether oxygens (including phenoxy) is 2. The first-order valence-electron chi connectivity index (χ1n) is 8.68. The van der Waals surface area contributed by atoms with Crippen LogP contribution in [0.25, 0.3) is 22.2 Å². The second-order valence-corrected chi connectivity index (χ2v) is 6.31. The van der Waals surface area contributed by atoms with E-state index in [0.717, 1.165) is 33.6 Å². The lowest BCUT2D eigenvalue weighted by Gasteiger charge is -2.10. The minimum atomic E-state index is -0.345. The number of hydrogen-bond acceptors (Lipinski definition) is 3. The Hall–Kier alpha value is -3.47. The third-order valence-corrected chi connectivity index (χ3v) is 4.67. The van der Waals surface area contributed by atoms with Crippen LogP contribution in [0.3, 0.4) is 0 Å². The molecule has 2 aromatic heterocycles. The van der Waals surface area contributed by atoms with Crippen molar-refractivity contribution in [3.8, 4) is 17.0 Å². The van der Waals surface area contributed by atoms with E-state index < -0.39 is 0 Å². The van der Waals surface area contributed by atoms with Crippen LogP contribution in [0.2, 0.25) is 0 Å². The van der Waals surface area contributed by atoms with Gasteiger partial charge in [0.2, 0.25) is 0 Å². The van der Waals surface area contributed by atoms with E-state index in [0.29, 0.717) is 12.1 Å². The van der Waals surface area contributed by atoms with Gasteiger partial charge in [0.25, 0.3) is 0 Å². The van der Waals surface area contributed by atoms with Gasteiger partial charge >= 0.3 is 5.97 Å². The maximum Gasteiger partial charge on any atom is 0.339 e. The minimum Gasteiger partial charge on any atom is -0.497 e. The smallest absolute Gasteiger partial charge is 0.339 e. The van der Waals surface area contributed by atoms with Gasteiger partial charge in [-0.1, -0.05) is 30.3 Å². The zero-order valence-electron chi connectivity index (χ0n) is 15.2. The van der Waals surface area contributed by atoms with E-state index in [-0.39, 0.29) is 5.97 Å². The number of fused-ring (bicyclic) bond motifs is 1. The second kappa shape index (κ2) is 7.03. The predicted octanol–water partition coefficient (Wildman–Crippen LogP) is 4.48. The van der Waals surface area contributed by atoms with Crippen LogP contribution in [0.4, 0.5) is 0 Å². The molecule has 0 amide bonds. The SMILES string of the molecule is COC(=O)c1c[nH]c(Cn2c(-c3ccccc3)cc3cc(OC)ccc32)c1. The number of H-pyrrole nitrogens is 1. The molecule has 0 saturated heterocycles. The lowest BCUT2D eigenvalue weighted by Crippen LogP contribution is -2.02. The number of aromatic amines is 1. The summed E-state index contributed by atoms with van der Waals surface area (Å²) >= 11 is 0. The summed E-state index contributed by atoms with van der Waals surface area (Å²) in [6.07, 6.45) is 1.68. The summed E-state index contributed by atoms with van der Waals surface area (Å²) in [4.78, 5) is 14.9. The molecular weight excluding hydrogens is 340 g/mol. The first-order chi connectivity index (χ1) is 13.2. The molecule has 0 unspecified atom stereocenters. The number of rotatable bonds is 5. The van der Waals surface area contributed by atoms with Crippen LogP contribution in [0, 0.1) is 0 Å². The van der Waals surface area contributed by atoms with Gasteiger partial charge in [0, 0.05) is 28.5 Å². The van der Waals surface area contributed by atoms with Crippen LogP contribution in [0.15, 0.2) is 66.9 Å².